The zero-order valence-electron chi connectivity index (χ0n) is 9.13. The number of nitrogens with one attached hydrogen (secondary N) is 1. The van der Waals surface area contributed by atoms with Crippen LogP contribution >= 0.6 is 11.6 Å². The van der Waals surface area contributed by atoms with E-state index in [1.807, 2.05) is 6.92 Å². The Labute approximate surface area is 94.0 Å². The maximum absolute atomic E-state index is 11.6. The van der Waals surface area contributed by atoms with Crippen LogP contribution in [0.3, 0.4) is 0 Å². The predicted molar refractivity (Wildman–Crippen MR) is 57.6 cm³/mol. The molecule has 0 radical (unpaired) electrons. The molecule has 1 aromatic heterocycles. The van der Waals surface area contributed by atoms with E-state index < -0.39 is 5.41 Å². The van der Waals surface area contributed by atoms with Crippen molar-refractivity contribution in [2.24, 2.45) is 5.41 Å². The first kappa shape index (κ1) is 12.0. The highest BCUT2D eigenvalue weighted by atomic mass is 35.5. The third-order valence-electron chi connectivity index (χ3n) is 2.05. The number of halogens is 1. The normalized spacial score (nSPS) is 11.5. The van der Waals surface area contributed by atoms with Gasteiger partial charge < -0.3 is 9.84 Å². The molecule has 4 nitrogen and oxygen atoms in total. The predicted octanol–water partition coefficient (Wildman–Crippen LogP) is 1.86. The molecule has 5 heteroatoms. The van der Waals surface area contributed by atoms with E-state index >= 15 is 0 Å². The summed E-state index contributed by atoms with van der Waals surface area (Å²) >= 11 is 5.68. The first-order chi connectivity index (χ1) is 6.95. The summed E-state index contributed by atoms with van der Waals surface area (Å²) in [5.41, 5.74) is 0.243. The quantitative estimate of drug-likeness (QED) is 0.804. The Morgan fingerprint density at radius 1 is 1.67 bits per heavy atom. The Morgan fingerprint density at radius 3 is 2.80 bits per heavy atom. The molecule has 0 fully saturated rings. The molecule has 0 bridgehead atoms. The largest absolute Gasteiger partial charge is 0.359 e. The van der Waals surface area contributed by atoms with Gasteiger partial charge in [-0.3, -0.25) is 4.79 Å². The van der Waals surface area contributed by atoms with Crippen molar-refractivity contribution >= 4 is 17.5 Å². The van der Waals surface area contributed by atoms with E-state index in [2.05, 4.69) is 10.5 Å². The fourth-order valence-electron chi connectivity index (χ4n) is 0.967. The second kappa shape index (κ2) is 4.66. The van der Waals surface area contributed by atoms with Crippen molar-refractivity contribution in [1.82, 2.24) is 10.5 Å². The summed E-state index contributed by atoms with van der Waals surface area (Å²) in [7, 11) is 0. The zero-order chi connectivity index (χ0) is 11.5. The molecule has 1 aromatic rings. The van der Waals surface area contributed by atoms with E-state index in [9.17, 15) is 4.79 Å². The lowest BCUT2D eigenvalue weighted by Gasteiger charge is -2.19. The summed E-state index contributed by atoms with van der Waals surface area (Å²) in [5, 5.41) is 6.47. The Morgan fingerprint density at radius 2 is 2.33 bits per heavy atom. The molecule has 0 unspecified atom stereocenters. The van der Waals surface area contributed by atoms with Crippen molar-refractivity contribution in [2.75, 3.05) is 5.88 Å². The molecule has 1 rings (SSSR count). The molecule has 0 atom stereocenters. The molecule has 1 heterocycles. The van der Waals surface area contributed by atoms with Crippen LogP contribution < -0.4 is 5.32 Å². The van der Waals surface area contributed by atoms with Crippen LogP contribution in [-0.4, -0.2) is 16.9 Å². The number of aromatic nitrogens is 1. The topological polar surface area (TPSA) is 55.1 Å². The molecule has 0 aliphatic rings. The first-order valence-corrected chi connectivity index (χ1v) is 5.25. The van der Waals surface area contributed by atoms with Gasteiger partial charge in [0.15, 0.2) is 5.76 Å². The number of rotatable bonds is 4. The van der Waals surface area contributed by atoms with Gasteiger partial charge in [0.1, 0.15) is 0 Å². The molecule has 0 aliphatic heterocycles. The Bertz CT molecular complexity index is 347. The number of nitrogens with zero attached hydrogens (tertiary/aromatic N) is 1. The van der Waals surface area contributed by atoms with E-state index in [0.29, 0.717) is 12.3 Å². The summed E-state index contributed by atoms with van der Waals surface area (Å²) in [6, 6.07) is 1.79. The molecule has 15 heavy (non-hydrogen) atoms. The molecule has 0 saturated carbocycles. The monoisotopic (exact) mass is 230 g/mol. The maximum Gasteiger partial charge on any atom is 0.227 e. The standard InChI is InChI=1S/C10H15ClN2O2/c1-7-4-8(15-13-7)5-12-9(14)10(2,3)6-11/h4H,5-6H2,1-3H3,(H,12,14). The number of amides is 1. The highest BCUT2D eigenvalue weighted by Gasteiger charge is 2.26. The van der Waals surface area contributed by atoms with E-state index in [0.717, 1.165) is 5.69 Å². The molecular weight excluding hydrogens is 216 g/mol. The fraction of sp³-hybridized carbons (Fsp3) is 0.600. The summed E-state index contributed by atoms with van der Waals surface area (Å²) in [6.07, 6.45) is 0. The minimum absolute atomic E-state index is 0.0912. The molecular formula is C10H15ClN2O2. The molecule has 1 amide bonds. The van der Waals surface area contributed by atoms with Crippen LogP contribution in [0.4, 0.5) is 0 Å². The van der Waals surface area contributed by atoms with Gasteiger partial charge in [-0.1, -0.05) is 5.16 Å². The van der Waals surface area contributed by atoms with E-state index in [1.165, 1.54) is 0 Å². The number of hydrogen-bond donors (Lipinski definition) is 1. The van der Waals surface area contributed by atoms with E-state index in [4.69, 9.17) is 16.1 Å². The molecule has 1 N–H and O–H groups in total. The van der Waals surface area contributed by atoms with Crippen molar-refractivity contribution < 1.29 is 9.32 Å². The lowest BCUT2D eigenvalue weighted by atomic mass is 9.95. The highest BCUT2D eigenvalue weighted by Crippen LogP contribution is 2.17. The number of hydrogen-bond acceptors (Lipinski definition) is 3. The van der Waals surface area contributed by atoms with Crippen LogP contribution in [0.25, 0.3) is 0 Å². The Hall–Kier alpha value is -1.03. The van der Waals surface area contributed by atoms with Crippen molar-refractivity contribution in [3.8, 4) is 0 Å². The minimum Gasteiger partial charge on any atom is -0.359 e. The summed E-state index contributed by atoms with van der Waals surface area (Å²) < 4.78 is 4.96. The van der Waals surface area contributed by atoms with Crippen LogP contribution in [0, 0.1) is 12.3 Å². The number of aryl methyl sites for hydroxylation is 1. The van der Waals surface area contributed by atoms with Crippen LogP contribution in [0.2, 0.25) is 0 Å². The summed E-state index contributed by atoms with van der Waals surface area (Å²) in [4.78, 5) is 11.6. The Kier molecular flexibility index (Phi) is 3.74. The van der Waals surface area contributed by atoms with Crippen molar-refractivity contribution in [2.45, 2.75) is 27.3 Å². The molecule has 0 spiro atoms. The van der Waals surface area contributed by atoms with Crippen molar-refractivity contribution in [1.29, 1.82) is 0 Å². The third-order valence-corrected chi connectivity index (χ3v) is 2.72. The molecule has 0 aliphatic carbocycles. The van der Waals surface area contributed by atoms with Crippen LogP contribution in [-0.2, 0) is 11.3 Å². The van der Waals surface area contributed by atoms with Gasteiger partial charge in [0.2, 0.25) is 5.91 Å². The lowest BCUT2D eigenvalue weighted by molar-refractivity contribution is -0.128. The van der Waals surface area contributed by atoms with Gasteiger partial charge in [-0.05, 0) is 20.8 Å². The second-order valence-corrected chi connectivity index (χ2v) is 4.40. The highest BCUT2D eigenvalue weighted by molar-refractivity contribution is 6.19. The fourth-order valence-corrected chi connectivity index (χ4v) is 1.09. The Balaban J connectivity index is 2.47. The number of carbonyl (C=O) groups excluding carboxylic acids is 1. The van der Waals surface area contributed by atoms with Gasteiger partial charge in [0.25, 0.3) is 0 Å². The van der Waals surface area contributed by atoms with Gasteiger partial charge in [0.05, 0.1) is 17.7 Å². The third kappa shape index (κ3) is 3.23. The van der Waals surface area contributed by atoms with E-state index in [-0.39, 0.29) is 11.8 Å². The van der Waals surface area contributed by atoms with Gasteiger partial charge >= 0.3 is 0 Å². The molecule has 84 valence electrons. The van der Waals surface area contributed by atoms with Gasteiger partial charge in [-0.15, -0.1) is 11.6 Å². The minimum atomic E-state index is -0.559. The van der Waals surface area contributed by atoms with E-state index in [1.54, 1.807) is 19.9 Å². The summed E-state index contributed by atoms with van der Waals surface area (Å²) in [6.45, 7) is 5.76. The smallest absolute Gasteiger partial charge is 0.227 e. The lowest BCUT2D eigenvalue weighted by Crippen LogP contribution is -2.37. The van der Waals surface area contributed by atoms with Crippen LogP contribution in [0.5, 0.6) is 0 Å². The van der Waals surface area contributed by atoms with Crippen molar-refractivity contribution in [3.05, 3.63) is 17.5 Å². The average Bonchev–Trinajstić information content (AvgIpc) is 2.60. The number of carbonyl (C=O) groups is 1. The zero-order valence-corrected chi connectivity index (χ0v) is 9.89. The maximum atomic E-state index is 11.6. The SMILES string of the molecule is Cc1cc(CNC(=O)C(C)(C)CCl)on1. The van der Waals surface area contributed by atoms with Crippen molar-refractivity contribution in [3.63, 3.8) is 0 Å². The second-order valence-electron chi connectivity index (χ2n) is 4.13. The van der Waals surface area contributed by atoms with Crippen LogP contribution in [0.1, 0.15) is 25.3 Å². The van der Waals surface area contributed by atoms with Gasteiger partial charge in [-0.2, -0.15) is 0 Å². The van der Waals surface area contributed by atoms with Gasteiger partial charge in [0, 0.05) is 11.9 Å². The molecule has 0 aromatic carbocycles. The number of alkyl halides is 1. The van der Waals surface area contributed by atoms with Gasteiger partial charge in [-0.25, -0.2) is 0 Å². The summed E-state index contributed by atoms with van der Waals surface area (Å²) in [5.74, 6) is 0.839. The molecule has 0 saturated heterocycles. The van der Waals surface area contributed by atoms with Crippen LogP contribution in [0.15, 0.2) is 10.6 Å². The first-order valence-electron chi connectivity index (χ1n) is 4.72. The average molecular weight is 231 g/mol.